The Hall–Kier alpha value is -1.26. The second-order valence-corrected chi connectivity index (χ2v) is 6.26. The Labute approximate surface area is 128 Å². The lowest BCUT2D eigenvalue weighted by Crippen LogP contribution is -2.51. The van der Waals surface area contributed by atoms with E-state index in [1.165, 1.54) is 24.2 Å². The van der Waals surface area contributed by atoms with Gasteiger partial charge in [0.2, 0.25) is 0 Å². The molecule has 1 unspecified atom stereocenters. The van der Waals surface area contributed by atoms with E-state index >= 15 is 0 Å². The third-order valence-electron chi connectivity index (χ3n) is 4.92. The molecule has 0 bridgehead atoms. The molecule has 1 N–H and O–H groups in total. The summed E-state index contributed by atoms with van der Waals surface area (Å²) in [5.41, 5.74) is 0. The van der Waals surface area contributed by atoms with Crippen LogP contribution in [0.5, 0.6) is 0 Å². The largest absolute Gasteiger partial charge is 0.480 e. The molecule has 0 aromatic rings. The molecule has 0 aromatic heterocycles. The summed E-state index contributed by atoms with van der Waals surface area (Å²) in [5, 5.41) is 9.02. The zero-order valence-electron chi connectivity index (χ0n) is 13.8. The van der Waals surface area contributed by atoms with Crippen molar-refractivity contribution in [2.75, 3.05) is 13.6 Å². The minimum absolute atomic E-state index is 0.0527. The maximum absolute atomic E-state index is 12.6. The van der Waals surface area contributed by atoms with Gasteiger partial charge >= 0.3 is 12.0 Å². The van der Waals surface area contributed by atoms with Crippen LogP contribution in [0.25, 0.3) is 0 Å². The normalized spacial score (nSPS) is 23.4. The lowest BCUT2D eigenvalue weighted by molar-refractivity contribution is -0.138. The Morgan fingerprint density at radius 1 is 1.19 bits per heavy atom. The van der Waals surface area contributed by atoms with Gasteiger partial charge in [0.1, 0.15) is 6.54 Å². The Morgan fingerprint density at radius 2 is 1.76 bits per heavy atom. The van der Waals surface area contributed by atoms with Crippen LogP contribution >= 0.6 is 0 Å². The van der Waals surface area contributed by atoms with Gasteiger partial charge in [-0.1, -0.05) is 20.3 Å². The van der Waals surface area contributed by atoms with Gasteiger partial charge < -0.3 is 14.9 Å². The van der Waals surface area contributed by atoms with Crippen LogP contribution in [0.3, 0.4) is 0 Å². The van der Waals surface area contributed by atoms with E-state index in [2.05, 4.69) is 6.92 Å². The zero-order valence-corrected chi connectivity index (χ0v) is 13.8. The Kier molecular flexibility index (Phi) is 6.99. The first-order valence-corrected chi connectivity index (χ1v) is 8.15. The molecule has 1 atom stereocenters. The molecule has 122 valence electrons. The first-order valence-electron chi connectivity index (χ1n) is 8.15. The first kappa shape index (κ1) is 17.8. The molecule has 1 saturated carbocycles. The van der Waals surface area contributed by atoms with Crippen LogP contribution in [-0.4, -0.2) is 52.6 Å². The third-order valence-corrected chi connectivity index (χ3v) is 4.92. The monoisotopic (exact) mass is 298 g/mol. The Morgan fingerprint density at radius 3 is 2.19 bits per heavy atom. The third kappa shape index (κ3) is 4.90. The number of carbonyl (C=O) groups excluding carboxylic acids is 1. The predicted molar refractivity (Wildman–Crippen MR) is 83.3 cm³/mol. The summed E-state index contributed by atoms with van der Waals surface area (Å²) in [4.78, 5) is 26.9. The SMILES string of the molecule is CCC1CCC(N(C)C(=O)N(CC(=O)O)C(C)CC)CC1. The van der Waals surface area contributed by atoms with E-state index in [1.807, 2.05) is 20.9 Å². The molecule has 1 aliphatic rings. The van der Waals surface area contributed by atoms with Crippen molar-refractivity contribution in [1.29, 1.82) is 0 Å². The maximum Gasteiger partial charge on any atom is 0.323 e. The van der Waals surface area contributed by atoms with Crippen molar-refractivity contribution < 1.29 is 14.7 Å². The quantitative estimate of drug-likeness (QED) is 0.819. The molecule has 5 nitrogen and oxygen atoms in total. The van der Waals surface area contributed by atoms with Crippen molar-refractivity contribution in [2.24, 2.45) is 5.92 Å². The van der Waals surface area contributed by atoms with E-state index in [1.54, 1.807) is 4.90 Å². The average Bonchev–Trinajstić information content (AvgIpc) is 2.50. The number of aliphatic carboxylic acids is 1. The van der Waals surface area contributed by atoms with E-state index in [0.29, 0.717) is 0 Å². The number of carbonyl (C=O) groups is 2. The molecule has 0 aromatic carbocycles. The molecule has 1 aliphatic carbocycles. The van der Waals surface area contributed by atoms with Gasteiger partial charge in [0, 0.05) is 19.1 Å². The molecule has 0 saturated heterocycles. The summed E-state index contributed by atoms with van der Waals surface area (Å²) in [7, 11) is 1.82. The van der Waals surface area contributed by atoms with Crippen LogP contribution in [-0.2, 0) is 4.79 Å². The van der Waals surface area contributed by atoms with Gasteiger partial charge in [-0.3, -0.25) is 4.79 Å². The molecule has 0 spiro atoms. The summed E-state index contributed by atoms with van der Waals surface area (Å²) < 4.78 is 0. The van der Waals surface area contributed by atoms with Gasteiger partial charge in [-0.05, 0) is 44.9 Å². The minimum atomic E-state index is -0.952. The van der Waals surface area contributed by atoms with E-state index in [4.69, 9.17) is 5.11 Å². The number of hydrogen-bond donors (Lipinski definition) is 1. The van der Waals surface area contributed by atoms with E-state index in [9.17, 15) is 9.59 Å². The molecule has 1 fully saturated rings. The number of nitrogens with zero attached hydrogens (tertiary/aromatic N) is 2. The van der Waals surface area contributed by atoms with Crippen LogP contribution in [0, 0.1) is 5.92 Å². The van der Waals surface area contributed by atoms with E-state index in [0.717, 1.165) is 25.2 Å². The molecular formula is C16H30N2O3. The van der Waals surface area contributed by atoms with Gasteiger partial charge in [-0.25, -0.2) is 4.79 Å². The molecule has 0 radical (unpaired) electrons. The molecular weight excluding hydrogens is 268 g/mol. The number of urea groups is 1. The highest BCUT2D eigenvalue weighted by atomic mass is 16.4. The Bertz CT molecular complexity index is 351. The van der Waals surface area contributed by atoms with E-state index in [-0.39, 0.29) is 24.7 Å². The fraction of sp³-hybridized carbons (Fsp3) is 0.875. The van der Waals surface area contributed by atoms with Crippen molar-refractivity contribution in [3.05, 3.63) is 0 Å². The lowest BCUT2D eigenvalue weighted by atomic mass is 9.84. The minimum Gasteiger partial charge on any atom is -0.480 e. The standard InChI is InChI=1S/C16H30N2O3/c1-5-12(3)18(11-15(19)20)16(21)17(4)14-9-7-13(6-2)8-10-14/h12-14H,5-11H2,1-4H3,(H,19,20). The lowest BCUT2D eigenvalue weighted by Gasteiger charge is -2.38. The van der Waals surface area contributed by atoms with E-state index < -0.39 is 5.97 Å². The first-order chi connectivity index (χ1) is 9.90. The maximum atomic E-state index is 12.6. The molecule has 1 rings (SSSR count). The van der Waals surface area contributed by atoms with Crippen LogP contribution in [0.2, 0.25) is 0 Å². The second kappa shape index (κ2) is 8.25. The van der Waals surface area contributed by atoms with Gasteiger partial charge in [0.15, 0.2) is 0 Å². The van der Waals surface area contributed by atoms with Gasteiger partial charge in [-0.15, -0.1) is 0 Å². The summed E-state index contributed by atoms with van der Waals surface area (Å²) in [5.74, 6) is -0.166. The van der Waals surface area contributed by atoms with Crippen LogP contribution in [0.4, 0.5) is 4.79 Å². The summed E-state index contributed by atoms with van der Waals surface area (Å²) in [6, 6.07) is 0.0513. The van der Waals surface area contributed by atoms with Crippen LogP contribution < -0.4 is 0 Å². The number of carboxylic acids is 1. The summed E-state index contributed by atoms with van der Waals surface area (Å²) in [6.07, 6.45) is 6.37. The topological polar surface area (TPSA) is 60.9 Å². The Balaban J connectivity index is 2.67. The highest BCUT2D eigenvalue weighted by Crippen LogP contribution is 2.29. The van der Waals surface area contributed by atoms with Crippen LogP contribution in [0.1, 0.15) is 59.3 Å². The number of carboxylic acid groups (broad SMARTS) is 1. The summed E-state index contributed by atoms with van der Waals surface area (Å²) >= 11 is 0. The second-order valence-electron chi connectivity index (χ2n) is 6.26. The zero-order chi connectivity index (χ0) is 16.0. The van der Waals surface area contributed by atoms with Crippen molar-refractivity contribution in [2.45, 2.75) is 71.4 Å². The van der Waals surface area contributed by atoms with Crippen molar-refractivity contribution in [3.8, 4) is 0 Å². The highest BCUT2D eigenvalue weighted by Gasteiger charge is 2.30. The van der Waals surface area contributed by atoms with Gasteiger partial charge in [-0.2, -0.15) is 0 Å². The highest BCUT2D eigenvalue weighted by molar-refractivity contribution is 5.80. The number of amides is 2. The molecule has 2 amide bonds. The van der Waals surface area contributed by atoms with Gasteiger partial charge in [0.25, 0.3) is 0 Å². The van der Waals surface area contributed by atoms with Crippen molar-refractivity contribution >= 4 is 12.0 Å². The molecule has 0 aliphatic heterocycles. The fourth-order valence-electron chi connectivity index (χ4n) is 3.08. The average molecular weight is 298 g/mol. The molecule has 21 heavy (non-hydrogen) atoms. The number of rotatable bonds is 6. The smallest absolute Gasteiger partial charge is 0.323 e. The van der Waals surface area contributed by atoms with Crippen molar-refractivity contribution in [1.82, 2.24) is 9.80 Å². The number of hydrogen-bond acceptors (Lipinski definition) is 2. The predicted octanol–water partition coefficient (Wildman–Crippen LogP) is 3.19. The summed E-state index contributed by atoms with van der Waals surface area (Å²) in [6.45, 7) is 5.88. The van der Waals surface area contributed by atoms with Crippen LogP contribution in [0.15, 0.2) is 0 Å². The fourth-order valence-corrected chi connectivity index (χ4v) is 3.08. The molecule has 0 heterocycles. The van der Waals surface area contributed by atoms with Crippen molar-refractivity contribution in [3.63, 3.8) is 0 Å². The van der Waals surface area contributed by atoms with Gasteiger partial charge in [0.05, 0.1) is 0 Å². The molecule has 5 heteroatoms.